The molecule has 2 fully saturated rings. The molecule has 18 heavy (non-hydrogen) atoms. The maximum atomic E-state index is 5.99. The van der Waals surface area contributed by atoms with Crippen molar-refractivity contribution >= 4 is 8.72 Å². The minimum absolute atomic E-state index is 0.588. The van der Waals surface area contributed by atoms with Crippen molar-refractivity contribution in [2.45, 2.75) is 69.9 Å². The third kappa shape index (κ3) is 2.67. The molecule has 0 bridgehead atoms. The Bertz CT molecular complexity index is 250. The van der Waals surface area contributed by atoms with Crippen LogP contribution in [0.15, 0.2) is 0 Å². The van der Waals surface area contributed by atoms with Crippen LogP contribution >= 0.6 is 0 Å². The third-order valence-electron chi connectivity index (χ3n) is 4.91. The fraction of sp³-hybridized carbons (Fsp3) is 1.00. The molecule has 1 unspecified atom stereocenters. The van der Waals surface area contributed by atoms with E-state index >= 15 is 0 Å². The summed E-state index contributed by atoms with van der Waals surface area (Å²) in [5, 5.41) is 0. The molecule has 4 heteroatoms. The summed E-state index contributed by atoms with van der Waals surface area (Å²) in [6.45, 7) is 3.50. The van der Waals surface area contributed by atoms with Crippen molar-refractivity contribution in [1.82, 2.24) is 4.57 Å². The van der Waals surface area contributed by atoms with Crippen LogP contribution in [0.5, 0.6) is 0 Å². The van der Waals surface area contributed by atoms with Gasteiger partial charge < -0.3 is 8.85 Å². The first-order chi connectivity index (χ1) is 8.74. The summed E-state index contributed by atoms with van der Waals surface area (Å²) in [5.74, 6) is 0. The predicted molar refractivity (Wildman–Crippen MR) is 76.6 cm³/mol. The molecule has 1 saturated heterocycles. The van der Waals surface area contributed by atoms with E-state index in [1.807, 2.05) is 14.2 Å². The molecule has 106 valence electrons. The van der Waals surface area contributed by atoms with Gasteiger partial charge in [0, 0.05) is 25.8 Å². The Morgan fingerprint density at radius 2 is 1.50 bits per heavy atom. The van der Waals surface area contributed by atoms with Crippen molar-refractivity contribution in [3.63, 3.8) is 0 Å². The molecule has 1 aliphatic carbocycles. The zero-order chi connectivity index (χ0) is 13.0. The SMILES string of the molecule is CO[Si]1(OC)C(C)CCCN1C1CCCCCC1. The molecule has 1 saturated carbocycles. The van der Waals surface area contributed by atoms with Crippen LogP contribution in [0, 0.1) is 0 Å². The van der Waals surface area contributed by atoms with E-state index < -0.39 is 8.72 Å². The third-order valence-corrected chi connectivity index (χ3v) is 9.00. The van der Waals surface area contributed by atoms with E-state index in [1.54, 1.807) is 0 Å². The summed E-state index contributed by atoms with van der Waals surface area (Å²) < 4.78 is 14.6. The van der Waals surface area contributed by atoms with Crippen LogP contribution in [-0.2, 0) is 8.85 Å². The lowest BCUT2D eigenvalue weighted by molar-refractivity contribution is 0.102. The van der Waals surface area contributed by atoms with Crippen molar-refractivity contribution in [2.75, 3.05) is 20.8 Å². The minimum atomic E-state index is -2.14. The Balaban J connectivity index is 2.16. The highest BCUT2D eigenvalue weighted by Crippen LogP contribution is 2.39. The molecule has 0 spiro atoms. The van der Waals surface area contributed by atoms with Crippen molar-refractivity contribution in [1.29, 1.82) is 0 Å². The molecule has 2 rings (SSSR count). The second kappa shape index (κ2) is 6.50. The van der Waals surface area contributed by atoms with Crippen molar-refractivity contribution in [3.8, 4) is 0 Å². The zero-order valence-corrected chi connectivity index (χ0v) is 13.3. The summed E-state index contributed by atoms with van der Waals surface area (Å²) in [7, 11) is 1.58. The Hall–Kier alpha value is 0.0969. The average Bonchev–Trinajstić information content (AvgIpc) is 2.67. The molecular weight excluding hydrogens is 242 g/mol. The summed E-state index contributed by atoms with van der Waals surface area (Å²) in [4.78, 5) is 0. The second-order valence-corrected chi connectivity index (χ2v) is 9.56. The fourth-order valence-electron chi connectivity index (χ4n) is 3.92. The van der Waals surface area contributed by atoms with E-state index in [0.717, 1.165) is 0 Å². The Kier molecular flexibility index (Phi) is 5.24. The quantitative estimate of drug-likeness (QED) is 0.580. The highest BCUT2D eigenvalue weighted by molar-refractivity contribution is 6.66. The van der Waals surface area contributed by atoms with Gasteiger partial charge in [-0.25, -0.2) is 0 Å². The number of nitrogens with zero attached hydrogens (tertiary/aromatic N) is 1. The number of hydrogen-bond donors (Lipinski definition) is 0. The molecule has 0 aromatic heterocycles. The molecular formula is C14H29NO2Si. The Labute approximate surface area is 113 Å². The van der Waals surface area contributed by atoms with Crippen molar-refractivity contribution < 1.29 is 8.85 Å². The van der Waals surface area contributed by atoms with Gasteiger partial charge in [-0.2, -0.15) is 0 Å². The lowest BCUT2D eigenvalue weighted by atomic mass is 10.1. The molecule has 1 atom stereocenters. The molecule has 2 aliphatic rings. The highest BCUT2D eigenvalue weighted by atomic mass is 28.4. The lowest BCUT2D eigenvalue weighted by Gasteiger charge is -2.48. The maximum absolute atomic E-state index is 5.99. The van der Waals surface area contributed by atoms with Crippen LogP contribution in [0.2, 0.25) is 5.54 Å². The molecule has 1 aliphatic heterocycles. The maximum Gasteiger partial charge on any atom is 0.430 e. The monoisotopic (exact) mass is 271 g/mol. The summed E-state index contributed by atoms with van der Waals surface area (Å²) >= 11 is 0. The first kappa shape index (κ1) is 14.5. The van der Waals surface area contributed by atoms with E-state index in [9.17, 15) is 0 Å². The van der Waals surface area contributed by atoms with Crippen molar-refractivity contribution in [2.24, 2.45) is 0 Å². The first-order valence-electron chi connectivity index (χ1n) is 7.61. The minimum Gasteiger partial charge on any atom is -0.386 e. The van der Waals surface area contributed by atoms with Gasteiger partial charge in [0.25, 0.3) is 0 Å². The first-order valence-corrected chi connectivity index (χ1v) is 9.45. The smallest absolute Gasteiger partial charge is 0.386 e. The van der Waals surface area contributed by atoms with Gasteiger partial charge in [-0.05, 0) is 32.2 Å². The fourth-order valence-corrected chi connectivity index (χ4v) is 7.73. The van der Waals surface area contributed by atoms with Gasteiger partial charge in [-0.3, -0.25) is 4.57 Å². The number of hydrogen-bond acceptors (Lipinski definition) is 3. The van der Waals surface area contributed by atoms with Gasteiger partial charge in [-0.15, -0.1) is 0 Å². The van der Waals surface area contributed by atoms with E-state index in [4.69, 9.17) is 8.85 Å². The molecule has 0 radical (unpaired) electrons. The van der Waals surface area contributed by atoms with Crippen molar-refractivity contribution in [3.05, 3.63) is 0 Å². The molecule has 0 N–H and O–H groups in total. The second-order valence-electron chi connectivity index (χ2n) is 5.92. The summed E-state index contributed by atoms with van der Waals surface area (Å²) in [6.07, 6.45) is 10.8. The Morgan fingerprint density at radius 3 is 2.06 bits per heavy atom. The highest BCUT2D eigenvalue weighted by Gasteiger charge is 2.52. The predicted octanol–water partition coefficient (Wildman–Crippen LogP) is 3.43. The van der Waals surface area contributed by atoms with E-state index in [-0.39, 0.29) is 0 Å². The Morgan fingerprint density at radius 1 is 0.889 bits per heavy atom. The summed E-state index contributed by atoms with van der Waals surface area (Å²) in [5.41, 5.74) is 0.588. The van der Waals surface area contributed by atoms with Crippen LogP contribution < -0.4 is 0 Å². The lowest BCUT2D eigenvalue weighted by Crippen LogP contribution is -2.65. The van der Waals surface area contributed by atoms with Gasteiger partial charge in [-0.1, -0.05) is 32.6 Å². The van der Waals surface area contributed by atoms with E-state index in [2.05, 4.69) is 11.5 Å². The van der Waals surface area contributed by atoms with Gasteiger partial charge >= 0.3 is 8.72 Å². The topological polar surface area (TPSA) is 21.7 Å². The molecule has 3 nitrogen and oxygen atoms in total. The molecule has 0 aromatic carbocycles. The van der Waals surface area contributed by atoms with E-state index in [1.165, 1.54) is 57.9 Å². The average molecular weight is 271 g/mol. The molecule has 0 amide bonds. The van der Waals surface area contributed by atoms with Gasteiger partial charge in [0.15, 0.2) is 0 Å². The van der Waals surface area contributed by atoms with Crippen LogP contribution in [0.4, 0.5) is 0 Å². The van der Waals surface area contributed by atoms with Crippen LogP contribution in [0.25, 0.3) is 0 Å². The molecule has 0 aromatic rings. The zero-order valence-electron chi connectivity index (χ0n) is 12.3. The largest absolute Gasteiger partial charge is 0.430 e. The number of rotatable bonds is 3. The van der Waals surface area contributed by atoms with Crippen LogP contribution in [-0.4, -0.2) is 40.1 Å². The van der Waals surface area contributed by atoms with E-state index in [0.29, 0.717) is 11.6 Å². The summed E-state index contributed by atoms with van der Waals surface area (Å²) in [6, 6.07) is 0.710. The normalized spacial score (nSPS) is 31.2. The van der Waals surface area contributed by atoms with Crippen LogP contribution in [0.3, 0.4) is 0 Å². The van der Waals surface area contributed by atoms with Gasteiger partial charge in [0.2, 0.25) is 0 Å². The van der Waals surface area contributed by atoms with Gasteiger partial charge in [0.1, 0.15) is 0 Å². The standard InChI is InChI=1S/C14H29NO2Si/c1-13-9-8-12-15(18(13,16-2)17-3)14-10-6-4-5-7-11-14/h13-14H,4-12H2,1-3H3. The van der Waals surface area contributed by atoms with Gasteiger partial charge in [0.05, 0.1) is 0 Å². The molecule has 1 heterocycles. The van der Waals surface area contributed by atoms with Crippen LogP contribution in [0.1, 0.15) is 58.3 Å².